The normalized spacial score (nSPS) is 14.3. The van der Waals surface area contributed by atoms with Crippen LogP contribution in [0.5, 0.6) is 11.5 Å². The Morgan fingerprint density at radius 1 is 1.14 bits per heavy atom. The number of aliphatic carboxylic acids is 1. The molecule has 0 saturated carbocycles. The van der Waals surface area contributed by atoms with E-state index in [0.717, 1.165) is 12.1 Å². The van der Waals surface area contributed by atoms with Crippen molar-refractivity contribution in [2.75, 3.05) is 6.54 Å². The molecule has 0 spiro atoms. The second kappa shape index (κ2) is 10.6. The Kier molecular flexibility index (Phi) is 9.06. The summed E-state index contributed by atoms with van der Waals surface area (Å²) in [5, 5.41) is 9.08. The summed E-state index contributed by atoms with van der Waals surface area (Å²) in [4.78, 5) is 11.1. The molecule has 0 fully saturated rings. The van der Waals surface area contributed by atoms with Gasteiger partial charge in [0.05, 0.1) is 5.92 Å². The number of carbonyl (C=O) groups is 1. The van der Waals surface area contributed by atoms with Crippen LogP contribution in [0.15, 0.2) is 18.2 Å². The van der Waals surface area contributed by atoms with E-state index in [1.807, 2.05) is 6.92 Å². The van der Waals surface area contributed by atoms with Gasteiger partial charge in [-0.15, -0.1) is 26.3 Å². The highest BCUT2D eigenvalue weighted by Crippen LogP contribution is 2.34. The molecule has 0 aromatic heterocycles. The highest BCUT2D eigenvalue weighted by atomic mass is 19.4. The first-order valence-electron chi connectivity index (χ1n) is 8.91. The molecule has 2 unspecified atom stereocenters. The fourth-order valence-corrected chi connectivity index (χ4v) is 2.93. The monoisotopic (exact) mass is 431 g/mol. The van der Waals surface area contributed by atoms with E-state index in [4.69, 9.17) is 10.8 Å². The van der Waals surface area contributed by atoms with E-state index in [2.05, 4.69) is 9.47 Å². The number of aryl methyl sites for hydroxylation is 1. The smallest absolute Gasteiger partial charge is 0.481 e. The van der Waals surface area contributed by atoms with Crippen LogP contribution >= 0.6 is 0 Å². The molecule has 29 heavy (non-hydrogen) atoms. The highest BCUT2D eigenvalue weighted by Gasteiger charge is 2.34. The van der Waals surface area contributed by atoms with Gasteiger partial charge in [0.1, 0.15) is 11.5 Å². The van der Waals surface area contributed by atoms with E-state index in [-0.39, 0.29) is 24.4 Å². The van der Waals surface area contributed by atoms with E-state index < -0.39 is 36.1 Å². The molecule has 1 aromatic rings. The van der Waals surface area contributed by atoms with Crippen LogP contribution < -0.4 is 15.2 Å². The summed E-state index contributed by atoms with van der Waals surface area (Å²) in [5.41, 5.74) is 5.51. The molecule has 0 amide bonds. The van der Waals surface area contributed by atoms with Gasteiger partial charge in [-0.1, -0.05) is 25.8 Å². The van der Waals surface area contributed by atoms with Crippen LogP contribution in [-0.2, 0) is 11.2 Å². The molecule has 5 nitrogen and oxygen atoms in total. The third kappa shape index (κ3) is 9.73. The minimum Gasteiger partial charge on any atom is -0.481 e. The number of halogens is 6. The maximum atomic E-state index is 12.6. The number of ether oxygens (including phenoxy) is 2. The highest BCUT2D eigenvalue weighted by molar-refractivity contribution is 5.70. The predicted molar refractivity (Wildman–Crippen MR) is 91.3 cm³/mol. The first-order valence-corrected chi connectivity index (χ1v) is 8.91. The fraction of sp³-hybridized carbons (Fsp3) is 0.611. The van der Waals surface area contributed by atoms with E-state index in [1.165, 1.54) is 0 Å². The number of alkyl halides is 6. The van der Waals surface area contributed by atoms with Crippen LogP contribution in [0.2, 0.25) is 0 Å². The van der Waals surface area contributed by atoms with Gasteiger partial charge in [0.15, 0.2) is 0 Å². The first-order chi connectivity index (χ1) is 13.3. The maximum absolute atomic E-state index is 12.6. The minimum absolute atomic E-state index is 0.000490. The molecule has 3 N–H and O–H groups in total. The van der Waals surface area contributed by atoms with Gasteiger partial charge < -0.3 is 20.3 Å². The summed E-state index contributed by atoms with van der Waals surface area (Å²) < 4.78 is 82.2. The van der Waals surface area contributed by atoms with Gasteiger partial charge in [0, 0.05) is 12.6 Å². The fourth-order valence-electron chi connectivity index (χ4n) is 2.93. The molecule has 0 aliphatic rings. The standard InChI is InChI=1S/C18H23F6NO4/c1-2-11(8-13(10-25)16(26)27)4-3-5-12-6-7-14(28-17(19,20)21)9-15(12)29-18(22,23)24/h6-7,9,11,13H,2-5,8,10,25H2,1H3,(H,26,27). The summed E-state index contributed by atoms with van der Waals surface area (Å²) >= 11 is 0. The molecule has 0 bridgehead atoms. The summed E-state index contributed by atoms with van der Waals surface area (Å²) in [7, 11) is 0. The maximum Gasteiger partial charge on any atom is 0.573 e. The number of nitrogens with two attached hydrogens (primary N) is 1. The molecule has 1 aromatic carbocycles. The molecular formula is C18H23F6NO4. The number of rotatable bonds is 11. The van der Waals surface area contributed by atoms with Gasteiger partial charge in [0.25, 0.3) is 0 Å². The van der Waals surface area contributed by atoms with Gasteiger partial charge in [-0.2, -0.15) is 0 Å². The molecular weight excluding hydrogens is 408 g/mol. The molecule has 0 aliphatic heterocycles. The van der Waals surface area contributed by atoms with Gasteiger partial charge in [-0.25, -0.2) is 0 Å². The number of hydrogen-bond acceptors (Lipinski definition) is 4. The number of carboxylic acids is 1. The first kappa shape index (κ1) is 24.9. The number of hydrogen-bond donors (Lipinski definition) is 2. The van der Waals surface area contributed by atoms with Gasteiger partial charge in [-0.3, -0.25) is 4.79 Å². The predicted octanol–water partition coefficient (Wildman–Crippen LogP) is 4.88. The topological polar surface area (TPSA) is 81.8 Å². The van der Waals surface area contributed by atoms with Crippen molar-refractivity contribution in [3.63, 3.8) is 0 Å². The lowest BCUT2D eigenvalue weighted by atomic mass is 9.88. The third-order valence-corrected chi connectivity index (χ3v) is 4.39. The van der Waals surface area contributed by atoms with Crippen LogP contribution in [0.25, 0.3) is 0 Å². The summed E-state index contributed by atoms with van der Waals surface area (Å²) in [6, 6.07) is 2.55. The molecule has 0 heterocycles. The van der Waals surface area contributed by atoms with E-state index in [1.54, 1.807) is 0 Å². The molecule has 166 valence electrons. The van der Waals surface area contributed by atoms with Gasteiger partial charge >= 0.3 is 18.7 Å². The lowest BCUT2D eigenvalue weighted by Crippen LogP contribution is -2.25. The zero-order valence-electron chi connectivity index (χ0n) is 15.6. The van der Waals surface area contributed by atoms with E-state index >= 15 is 0 Å². The van der Waals surface area contributed by atoms with E-state index in [9.17, 15) is 31.1 Å². The summed E-state index contributed by atoms with van der Waals surface area (Å²) in [5.74, 6) is -3.30. The third-order valence-electron chi connectivity index (χ3n) is 4.39. The Morgan fingerprint density at radius 2 is 1.76 bits per heavy atom. The second-order valence-corrected chi connectivity index (χ2v) is 6.54. The Balaban J connectivity index is 2.84. The molecule has 1 rings (SSSR count). The zero-order chi connectivity index (χ0) is 22.2. The van der Waals surface area contributed by atoms with Crippen molar-refractivity contribution >= 4 is 5.97 Å². The molecule has 11 heteroatoms. The summed E-state index contributed by atoms with van der Waals surface area (Å²) in [6.07, 6.45) is -8.10. The Labute approximate surface area is 163 Å². The van der Waals surface area contributed by atoms with Crippen molar-refractivity contribution < 1.29 is 45.7 Å². The largest absolute Gasteiger partial charge is 0.573 e. The van der Waals surface area contributed by atoms with E-state index in [0.29, 0.717) is 31.7 Å². The summed E-state index contributed by atoms with van der Waals surface area (Å²) in [6.45, 7) is 1.84. The van der Waals surface area contributed by atoms with Crippen molar-refractivity contribution in [3.8, 4) is 11.5 Å². The Morgan fingerprint density at radius 3 is 2.24 bits per heavy atom. The second-order valence-electron chi connectivity index (χ2n) is 6.54. The Hall–Kier alpha value is -2.17. The van der Waals surface area contributed by atoms with Crippen LogP contribution in [0, 0.1) is 11.8 Å². The zero-order valence-corrected chi connectivity index (χ0v) is 15.6. The van der Waals surface area contributed by atoms with Crippen molar-refractivity contribution in [1.82, 2.24) is 0 Å². The van der Waals surface area contributed by atoms with Crippen LogP contribution in [0.1, 0.15) is 38.2 Å². The van der Waals surface area contributed by atoms with Crippen molar-refractivity contribution in [3.05, 3.63) is 23.8 Å². The Bertz CT molecular complexity index is 663. The molecule has 2 atom stereocenters. The van der Waals surface area contributed by atoms with Gasteiger partial charge in [-0.05, 0) is 36.8 Å². The van der Waals surface area contributed by atoms with Crippen LogP contribution in [-0.4, -0.2) is 30.3 Å². The van der Waals surface area contributed by atoms with Crippen LogP contribution in [0.3, 0.4) is 0 Å². The van der Waals surface area contributed by atoms with Crippen LogP contribution in [0.4, 0.5) is 26.3 Å². The number of carboxylic acid groups (broad SMARTS) is 1. The van der Waals surface area contributed by atoms with Crippen molar-refractivity contribution in [2.24, 2.45) is 17.6 Å². The lowest BCUT2D eigenvalue weighted by molar-refractivity contribution is -0.276. The molecule has 0 radical (unpaired) electrons. The van der Waals surface area contributed by atoms with Crippen molar-refractivity contribution in [2.45, 2.75) is 51.8 Å². The minimum atomic E-state index is -5.08. The average Bonchev–Trinajstić information content (AvgIpc) is 2.56. The average molecular weight is 431 g/mol. The van der Waals surface area contributed by atoms with Gasteiger partial charge in [0.2, 0.25) is 0 Å². The quantitative estimate of drug-likeness (QED) is 0.488. The van der Waals surface area contributed by atoms with Crippen molar-refractivity contribution in [1.29, 1.82) is 0 Å². The molecule has 0 aliphatic carbocycles. The number of benzene rings is 1. The SMILES string of the molecule is CCC(CCCc1ccc(OC(F)(F)F)cc1OC(F)(F)F)CC(CN)C(=O)O. The molecule has 0 saturated heterocycles. The lowest BCUT2D eigenvalue weighted by Gasteiger charge is -2.19.